The fraction of sp³-hybridized carbons (Fsp3) is 0. The number of benzene rings is 3. The van der Waals surface area contributed by atoms with E-state index in [9.17, 15) is 31.2 Å². The average Bonchev–Trinajstić information content (AvgIpc) is 3.11. The van der Waals surface area contributed by atoms with E-state index in [2.05, 4.69) is 10.2 Å². The zero-order chi connectivity index (χ0) is 25.5. The minimum Gasteiger partial charge on any atom is -0.389 e. The van der Waals surface area contributed by atoms with Gasteiger partial charge in [-0.3, -0.25) is 9.11 Å². The third-order valence-electron chi connectivity index (χ3n) is 4.88. The summed E-state index contributed by atoms with van der Waals surface area (Å²) in [6, 6.07) is 14.3. The van der Waals surface area contributed by atoms with Gasteiger partial charge in [0.05, 0.1) is 11.3 Å². The van der Waals surface area contributed by atoms with Crippen LogP contribution in [-0.2, 0) is 20.2 Å². The minimum absolute atomic E-state index is 0.143. The molecule has 0 fully saturated rings. The average molecular weight is 549 g/mol. The molecule has 1 heterocycles. The van der Waals surface area contributed by atoms with Crippen LogP contribution in [0.3, 0.4) is 0 Å². The van der Waals surface area contributed by atoms with E-state index >= 15 is 0 Å². The Morgan fingerprint density at radius 1 is 0.914 bits per heavy atom. The van der Waals surface area contributed by atoms with Crippen molar-refractivity contribution in [3.05, 3.63) is 65.2 Å². The highest BCUT2D eigenvalue weighted by molar-refractivity contribution is 7.86. The second kappa shape index (κ2) is 9.00. The van der Waals surface area contributed by atoms with Gasteiger partial charge >= 0.3 is 0 Å². The summed E-state index contributed by atoms with van der Waals surface area (Å²) in [5.41, 5.74) is 6.95. The van der Waals surface area contributed by atoms with E-state index in [-0.39, 0.29) is 32.0 Å². The molecule has 0 atom stereocenters. The largest absolute Gasteiger partial charge is 0.389 e. The number of nitrogen functional groups attached to an aromatic ring is 1. The van der Waals surface area contributed by atoms with Gasteiger partial charge in [0.25, 0.3) is 20.2 Å². The first-order valence-electron chi connectivity index (χ1n) is 9.42. The molecular weight excluding hydrogens is 536 g/mol. The molecule has 0 bridgehead atoms. The van der Waals surface area contributed by atoms with Crippen molar-refractivity contribution in [1.29, 1.82) is 5.26 Å². The number of thiophene rings is 1. The van der Waals surface area contributed by atoms with Gasteiger partial charge in [0, 0.05) is 21.4 Å². The van der Waals surface area contributed by atoms with Crippen LogP contribution in [0.25, 0.3) is 21.9 Å². The summed E-state index contributed by atoms with van der Waals surface area (Å²) in [7, 11) is -9.55. The highest BCUT2D eigenvalue weighted by atomic mass is 35.5. The molecule has 1 aromatic heterocycles. The maximum atomic E-state index is 12.0. The molecule has 0 saturated heterocycles. The van der Waals surface area contributed by atoms with Gasteiger partial charge < -0.3 is 5.73 Å². The molecule has 0 aliphatic carbocycles. The van der Waals surface area contributed by atoms with Gasteiger partial charge in [0.15, 0.2) is 0 Å². The topological polar surface area (TPSA) is 183 Å². The number of nitrogens with two attached hydrogens (primary N) is 1. The van der Waals surface area contributed by atoms with E-state index in [4.69, 9.17) is 17.3 Å². The molecule has 0 saturated carbocycles. The Balaban J connectivity index is 1.94. The number of nitriles is 1. The molecule has 10 nitrogen and oxygen atoms in total. The minimum atomic E-state index is -4.81. The monoisotopic (exact) mass is 548 g/mol. The summed E-state index contributed by atoms with van der Waals surface area (Å²) >= 11 is 6.91. The lowest BCUT2D eigenvalue weighted by atomic mass is 10.0. The first kappa shape index (κ1) is 24.7. The molecule has 0 spiro atoms. The third kappa shape index (κ3) is 4.89. The quantitative estimate of drug-likeness (QED) is 0.213. The highest BCUT2D eigenvalue weighted by Gasteiger charge is 2.22. The zero-order valence-electron chi connectivity index (χ0n) is 17.2. The summed E-state index contributed by atoms with van der Waals surface area (Å²) in [6.07, 6.45) is 0. The number of halogens is 1. The van der Waals surface area contributed by atoms with E-state index < -0.39 is 30.0 Å². The van der Waals surface area contributed by atoms with E-state index in [0.717, 1.165) is 23.5 Å². The molecule has 0 radical (unpaired) electrons. The molecule has 35 heavy (non-hydrogen) atoms. The number of rotatable bonds is 5. The number of azo groups is 1. The van der Waals surface area contributed by atoms with Crippen molar-refractivity contribution < 1.29 is 25.9 Å². The van der Waals surface area contributed by atoms with Crippen LogP contribution in [0.4, 0.5) is 15.7 Å². The van der Waals surface area contributed by atoms with Crippen molar-refractivity contribution in [2.75, 3.05) is 5.73 Å². The lowest BCUT2D eigenvalue weighted by molar-refractivity contribution is 0.481. The Morgan fingerprint density at radius 3 is 2.17 bits per heavy atom. The van der Waals surface area contributed by atoms with E-state index in [1.54, 1.807) is 24.3 Å². The molecule has 4 N–H and O–H groups in total. The van der Waals surface area contributed by atoms with Crippen molar-refractivity contribution >= 4 is 69.6 Å². The molecule has 178 valence electrons. The predicted octanol–water partition coefficient (Wildman–Crippen LogP) is 5.58. The number of nitrogens with zero attached hydrogens (tertiary/aromatic N) is 3. The lowest BCUT2D eigenvalue weighted by Gasteiger charge is -2.08. The number of fused-ring (bicyclic) bond motifs is 1. The fourth-order valence-electron chi connectivity index (χ4n) is 3.41. The van der Waals surface area contributed by atoms with E-state index in [1.165, 1.54) is 18.2 Å². The second-order valence-corrected chi connectivity index (χ2v) is 11.3. The maximum Gasteiger partial charge on any atom is 0.295 e. The fourth-order valence-corrected chi connectivity index (χ4v) is 5.82. The molecule has 0 amide bonds. The molecule has 4 rings (SSSR count). The van der Waals surface area contributed by atoms with Crippen LogP contribution in [0.5, 0.6) is 0 Å². The van der Waals surface area contributed by atoms with Gasteiger partial charge in [-0.2, -0.15) is 22.1 Å². The van der Waals surface area contributed by atoms with Crippen molar-refractivity contribution in [3.8, 4) is 17.2 Å². The first-order valence-corrected chi connectivity index (χ1v) is 13.5. The number of anilines is 1. The van der Waals surface area contributed by atoms with Crippen molar-refractivity contribution in [3.63, 3.8) is 0 Å². The Morgan fingerprint density at radius 2 is 1.57 bits per heavy atom. The van der Waals surface area contributed by atoms with Gasteiger partial charge in [0.1, 0.15) is 25.9 Å². The van der Waals surface area contributed by atoms with Crippen LogP contribution in [-0.4, -0.2) is 25.9 Å². The maximum absolute atomic E-state index is 12.0. The summed E-state index contributed by atoms with van der Waals surface area (Å²) in [4.78, 5) is -1.21. The molecule has 14 heteroatoms. The molecule has 0 aliphatic rings. The Bertz CT molecular complexity index is 1770. The van der Waals surface area contributed by atoms with Crippen LogP contribution in [0.1, 0.15) is 5.56 Å². The smallest absolute Gasteiger partial charge is 0.295 e. The summed E-state index contributed by atoms with van der Waals surface area (Å²) in [6.45, 7) is 0. The Kier molecular flexibility index (Phi) is 6.36. The van der Waals surface area contributed by atoms with Crippen LogP contribution >= 0.6 is 22.9 Å². The number of hydrogen-bond acceptors (Lipinski definition) is 9. The van der Waals surface area contributed by atoms with Crippen LogP contribution < -0.4 is 5.73 Å². The summed E-state index contributed by atoms with van der Waals surface area (Å²) < 4.78 is 66.9. The highest BCUT2D eigenvalue weighted by Crippen LogP contribution is 2.45. The molecule has 4 aromatic rings. The molecule has 0 aliphatic heterocycles. The zero-order valence-corrected chi connectivity index (χ0v) is 20.5. The number of hydrogen-bond donors (Lipinski definition) is 3. The van der Waals surface area contributed by atoms with Crippen molar-refractivity contribution in [2.45, 2.75) is 9.79 Å². The van der Waals surface area contributed by atoms with Gasteiger partial charge in [-0.05, 0) is 35.9 Å². The van der Waals surface area contributed by atoms with Crippen molar-refractivity contribution in [2.24, 2.45) is 10.2 Å². The third-order valence-corrected chi connectivity index (χ3v) is 7.84. The Hall–Kier alpha value is -3.38. The van der Waals surface area contributed by atoms with Gasteiger partial charge in [-0.1, -0.05) is 47.2 Å². The SMILES string of the molecule is N#Cc1c(N)sc(N=Nc2cc(S(=O)(=O)O)c3cccc(S(=O)(=O)O)c3c2)c1-c1ccc(Cl)cc1. The van der Waals surface area contributed by atoms with Gasteiger partial charge in [-0.25, -0.2) is 0 Å². The summed E-state index contributed by atoms with van der Waals surface area (Å²) in [5.74, 6) is 0. The van der Waals surface area contributed by atoms with Crippen LogP contribution in [0, 0.1) is 11.3 Å². The van der Waals surface area contributed by atoms with E-state index in [1.807, 2.05) is 6.07 Å². The normalized spacial score (nSPS) is 12.3. The molecule has 0 unspecified atom stereocenters. The van der Waals surface area contributed by atoms with E-state index in [0.29, 0.717) is 16.1 Å². The van der Waals surface area contributed by atoms with Crippen LogP contribution in [0.15, 0.2) is 74.6 Å². The van der Waals surface area contributed by atoms with Gasteiger partial charge in [-0.15, -0.1) is 10.2 Å². The Labute approximate surface area is 208 Å². The van der Waals surface area contributed by atoms with Crippen LogP contribution in [0.2, 0.25) is 5.02 Å². The van der Waals surface area contributed by atoms with Gasteiger partial charge in [0.2, 0.25) is 0 Å². The standard InChI is InChI=1S/C21H13ClN4O6S3/c22-12-6-4-11(5-7-12)19-16(10-23)20(24)33-21(19)26-25-13-8-15-14(18(9-13)35(30,31)32)2-1-3-17(15)34(27,28)29/h1-9H,24H2,(H,27,28,29)(H,30,31,32). The lowest BCUT2D eigenvalue weighted by Crippen LogP contribution is -2.03. The van der Waals surface area contributed by atoms with Crippen molar-refractivity contribution in [1.82, 2.24) is 0 Å². The predicted molar refractivity (Wildman–Crippen MR) is 132 cm³/mol. The molecule has 3 aromatic carbocycles. The summed E-state index contributed by atoms with van der Waals surface area (Å²) in [5, 5.41) is 18.2. The molecular formula is C21H13ClN4O6S3. The second-order valence-electron chi connectivity index (χ2n) is 7.09. The first-order chi connectivity index (χ1) is 16.4.